The van der Waals surface area contributed by atoms with Gasteiger partial charge < -0.3 is 14.6 Å². The first-order valence-corrected chi connectivity index (χ1v) is 8.96. The maximum Gasteiger partial charge on any atom is 0.0783 e. The largest absolute Gasteiger partial charge is 0.392 e. The summed E-state index contributed by atoms with van der Waals surface area (Å²) in [6, 6.07) is 0. The molecule has 6 unspecified atom stereocenters. The van der Waals surface area contributed by atoms with E-state index in [1.165, 1.54) is 18.6 Å². The van der Waals surface area contributed by atoms with Gasteiger partial charge in [0, 0.05) is 18.3 Å². The Kier molecular flexibility index (Phi) is 3.34. The van der Waals surface area contributed by atoms with Crippen LogP contribution in [0.25, 0.3) is 0 Å². The minimum Gasteiger partial charge on any atom is -0.392 e. The fraction of sp³-hybridized carbons (Fsp3) is 1.00. The van der Waals surface area contributed by atoms with Crippen LogP contribution >= 0.6 is 11.8 Å². The predicted molar refractivity (Wildman–Crippen MR) is 75.4 cm³/mol. The highest BCUT2D eigenvalue weighted by Crippen LogP contribution is 2.46. The van der Waals surface area contributed by atoms with Gasteiger partial charge in [0.2, 0.25) is 0 Å². The SMILES string of the molecule is OC(C1CCOC2(CCSC2)C1)C1CC2CCC1O2. The molecule has 2 bridgehead atoms. The second-order valence-corrected chi connectivity index (χ2v) is 7.96. The quantitative estimate of drug-likeness (QED) is 0.844. The minimum absolute atomic E-state index is 0.0903. The van der Waals surface area contributed by atoms with Crippen LogP contribution in [0.4, 0.5) is 0 Å². The van der Waals surface area contributed by atoms with Crippen LogP contribution in [0.1, 0.15) is 38.5 Å². The van der Waals surface area contributed by atoms with Crippen LogP contribution in [-0.2, 0) is 9.47 Å². The number of aliphatic hydroxyl groups excluding tert-OH is 1. The Hall–Kier alpha value is 0.230. The third kappa shape index (κ3) is 2.25. The Balaban J connectivity index is 1.43. The van der Waals surface area contributed by atoms with E-state index in [0.717, 1.165) is 38.0 Å². The van der Waals surface area contributed by atoms with Gasteiger partial charge in [-0.2, -0.15) is 11.8 Å². The Morgan fingerprint density at radius 3 is 2.89 bits per heavy atom. The van der Waals surface area contributed by atoms with Gasteiger partial charge in [-0.3, -0.25) is 0 Å². The smallest absolute Gasteiger partial charge is 0.0783 e. The van der Waals surface area contributed by atoms with Crippen molar-refractivity contribution in [3.63, 3.8) is 0 Å². The van der Waals surface area contributed by atoms with Gasteiger partial charge in [-0.1, -0.05) is 0 Å². The molecular formula is C15H24O3S. The summed E-state index contributed by atoms with van der Waals surface area (Å²) >= 11 is 2.01. The third-order valence-corrected chi connectivity index (χ3v) is 6.90. The lowest BCUT2D eigenvalue weighted by atomic mass is 9.74. The van der Waals surface area contributed by atoms with Gasteiger partial charge in [0.1, 0.15) is 0 Å². The first-order chi connectivity index (χ1) is 9.26. The fourth-order valence-corrected chi connectivity index (χ4v) is 5.98. The molecule has 0 radical (unpaired) electrons. The number of aliphatic hydroxyl groups is 1. The summed E-state index contributed by atoms with van der Waals surface area (Å²) in [5.74, 6) is 3.18. The van der Waals surface area contributed by atoms with E-state index >= 15 is 0 Å². The van der Waals surface area contributed by atoms with E-state index in [2.05, 4.69) is 0 Å². The molecule has 0 aromatic carbocycles. The van der Waals surface area contributed by atoms with Crippen LogP contribution in [0.2, 0.25) is 0 Å². The average molecular weight is 284 g/mol. The Labute approximate surface area is 119 Å². The Morgan fingerprint density at radius 2 is 2.21 bits per heavy atom. The van der Waals surface area contributed by atoms with Gasteiger partial charge in [-0.05, 0) is 50.2 Å². The second-order valence-electron chi connectivity index (χ2n) is 6.85. The molecule has 4 aliphatic heterocycles. The Morgan fingerprint density at radius 1 is 1.26 bits per heavy atom. The van der Waals surface area contributed by atoms with Gasteiger partial charge in [-0.15, -0.1) is 0 Å². The highest BCUT2D eigenvalue weighted by Gasteiger charge is 2.49. The molecule has 4 heterocycles. The van der Waals surface area contributed by atoms with Crippen molar-refractivity contribution < 1.29 is 14.6 Å². The molecule has 0 amide bonds. The molecule has 4 rings (SSSR count). The van der Waals surface area contributed by atoms with E-state index < -0.39 is 0 Å². The third-order valence-electron chi connectivity index (χ3n) is 5.67. The molecule has 3 nitrogen and oxygen atoms in total. The van der Waals surface area contributed by atoms with Crippen LogP contribution in [0.15, 0.2) is 0 Å². The summed E-state index contributed by atoms with van der Waals surface area (Å²) in [6.07, 6.45) is 7.35. The van der Waals surface area contributed by atoms with Crippen LogP contribution in [-0.4, -0.2) is 47.1 Å². The molecule has 0 aromatic heterocycles. The van der Waals surface area contributed by atoms with E-state index in [1.807, 2.05) is 11.8 Å². The maximum absolute atomic E-state index is 10.8. The number of ether oxygens (including phenoxy) is 2. The summed E-state index contributed by atoms with van der Waals surface area (Å²) in [7, 11) is 0. The van der Waals surface area contributed by atoms with Crippen molar-refractivity contribution in [3.8, 4) is 0 Å². The topological polar surface area (TPSA) is 38.7 Å². The van der Waals surface area contributed by atoms with Crippen LogP contribution in [0.5, 0.6) is 0 Å². The Bertz CT molecular complexity index is 342. The fourth-order valence-electron chi connectivity index (χ4n) is 4.61. The normalized spacial score (nSPS) is 51.0. The summed E-state index contributed by atoms with van der Waals surface area (Å²) < 4.78 is 12.0. The molecule has 4 fully saturated rings. The maximum atomic E-state index is 10.8. The van der Waals surface area contributed by atoms with Gasteiger partial charge >= 0.3 is 0 Å². The van der Waals surface area contributed by atoms with Crippen molar-refractivity contribution in [2.45, 2.75) is 62.4 Å². The first-order valence-electron chi connectivity index (χ1n) is 7.81. The van der Waals surface area contributed by atoms with Gasteiger partial charge in [0.15, 0.2) is 0 Å². The van der Waals surface area contributed by atoms with Crippen LogP contribution in [0, 0.1) is 11.8 Å². The molecule has 4 saturated heterocycles. The molecule has 4 aliphatic rings. The van der Waals surface area contributed by atoms with Crippen molar-refractivity contribution >= 4 is 11.8 Å². The summed E-state index contributed by atoms with van der Waals surface area (Å²) in [5, 5.41) is 10.8. The van der Waals surface area contributed by atoms with E-state index in [9.17, 15) is 5.11 Å². The number of hydrogen-bond acceptors (Lipinski definition) is 4. The minimum atomic E-state index is -0.165. The van der Waals surface area contributed by atoms with E-state index in [1.54, 1.807) is 0 Å². The monoisotopic (exact) mass is 284 g/mol. The van der Waals surface area contributed by atoms with Crippen LogP contribution < -0.4 is 0 Å². The first kappa shape index (κ1) is 12.9. The lowest BCUT2D eigenvalue weighted by Crippen LogP contribution is -2.46. The van der Waals surface area contributed by atoms with E-state index in [0.29, 0.717) is 24.0 Å². The predicted octanol–water partition coefficient (Wildman–Crippen LogP) is 2.22. The van der Waals surface area contributed by atoms with Crippen LogP contribution in [0.3, 0.4) is 0 Å². The van der Waals surface area contributed by atoms with Crippen molar-refractivity contribution in [2.75, 3.05) is 18.1 Å². The molecule has 1 N–H and O–H groups in total. The molecule has 4 heteroatoms. The zero-order valence-corrected chi connectivity index (χ0v) is 12.2. The number of fused-ring (bicyclic) bond motifs is 2. The van der Waals surface area contributed by atoms with Gasteiger partial charge in [0.05, 0.1) is 23.9 Å². The molecule has 1 spiro atoms. The average Bonchev–Trinajstić information content (AvgIpc) is 3.14. The summed E-state index contributed by atoms with van der Waals surface area (Å²) in [5.41, 5.74) is 0.0903. The second kappa shape index (κ2) is 4.90. The van der Waals surface area contributed by atoms with E-state index in [4.69, 9.17) is 9.47 Å². The molecule has 6 atom stereocenters. The van der Waals surface area contributed by atoms with E-state index in [-0.39, 0.29) is 11.7 Å². The molecule has 0 aromatic rings. The van der Waals surface area contributed by atoms with Crippen molar-refractivity contribution in [1.82, 2.24) is 0 Å². The zero-order valence-electron chi connectivity index (χ0n) is 11.4. The van der Waals surface area contributed by atoms with Crippen molar-refractivity contribution in [1.29, 1.82) is 0 Å². The lowest BCUT2D eigenvalue weighted by Gasteiger charge is -2.41. The van der Waals surface area contributed by atoms with Gasteiger partial charge in [0.25, 0.3) is 0 Å². The number of hydrogen-bond donors (Lipinski definition) is 1. The number of rotatable bonds is 2. The number of thioether (sulfide) groups is 1. The molecule has 19 heavy (non-hydrogen) atoms. The molecule has 108 valence electrons. The highest BCUT2D eigenvalue weighted by atomic mass is 32.2. The lowest BCUT2D eigenvalue weighted by molar-refractivity contribution is -0.113. The molecular weight excluding hydrogens is 260 g/mol. The van der Waals surface area contributed by atoms with Crippen molar-refractivity contribution in [2.24, 2.45) is 11.8 Å². The summed E-state index contributed by atoms with van der Waals surface area (Å²) in [4.78, 5) is 0. The van der Waals surface area contributed by atoms with Gasteiger partial charge in [-0.25, -0.2) is 0 Å². The standard InChI is InChI=1S/C15H24O3S/c16-14(12-7-11-1-2-13(12)18-11)10-3-5-17-15(8-10)4-6-19-9-15/h10-14,16H,1-9H2. The highest BCUT2D eigenvalue weighted by molar-refractivity contribution is 7.99. The summed E-state index contributed by atoms with van der Waals surface area (Å²) in [6.45, 7) is 0.837. The molecule has 0 saturated carbocycles. The zero-order chi connectivity index (χ0) is 12.9. The molecule has 0 aliphatic carbocycles. The van der Waals surface area contributed by atoms with Crippen molar-refractivity contribution in [3.05, 3.63) is 0 Å².